The SMILES string of the molecule is CN(CCc1cccc2ccccc12)C(=O)C1CCNCC1.Cl. The molecule has 0 atom stereocenters. The number of nitrogens with zero attached hydrogens (tertiary/aromatic N) is 1. The smallest absolute Gasteiger partial charge is 0.225 e. The van der Waals surface area contributed by atoms with Crippen molar-refractivity contribution in [3.63, 3.8) is 0 Å². The van der Waals surface area contributed by atoms with Gasteiger partial charge in [0.25, 0.3) is 0 Å². The van der Waals surface area contributed by atoms with Crippen molar-refractivity contribution >= 4 is 29.1 Å². The number of nitrogens with one attached hydrogen (secondary N) is 1. The lowest BCUT2D eigenvalue weighted by Gasteiger charge is -2.27. The van der Waals surface area contributed by atoms with Crippen molar-refractivity contribution in [2.24, 2.45) is 5.92 Å². The highest BCUT2D eigenvalue weighted by molar-refractivity contribution is 5.86. The van der Waals surface area contributed by atoms with E-state index in [1.165, 1.54) is 16.3 Å². The zero-order valence-corrected chi connectivity index (χ0v) is 14.4. The Morgan fingerprint density at radius 1 is 1.13 bits per heavy atom. The lowest BCUT2D eigenvalue weighted by Crippen LogP contribution is -2.39. The summed E-state index contributed by atoms with van der Waals surface area (Å²) < 4.78 is 0. The molecule has 0 saturated carbocycles. The molecule has 2 aromatic rings. The quantitative estimate of drug-likeness (QED) is 0.932. The van der Waals surface area contributed by atoms with Crippen LogP contribution in [-0.4, -0.2) is 37.5 Å². The maximum absolute atomic E-state index is 12.5. The average molecular weight is 333 g/mol. The average Bonchev–Trinajstić information content (AvgIpc) is 2.59. The molecule has 1 N–H and O–H groups in total. The van der Waals surface area contributed by atoms with Crippen molar-refractivity contribution in [3.05, 3.63) is 48.0 Å². The Hall–Kier alpha value is -1.58. The van der Waals surface area contributed by atoms with Crippen LogP contribution in [0.5, 0.6) is 0 Å². The molecule has 0 aliphatic carbocycles. The zero-order chi connectivity index (χ0) is 15.4. The Kier molecular flexibility index (Phi) is 6.43. The molecule has 1 heterocycles. The first-order valence-corrected chi connectivity index (χ1v) is 8.18. The maximum atomic E-state index is 12.5. The first kappa shape index (κ1) is 17.8. The molecule has 1 saturated heterocycles. The fourth-order valence-electron chi connectivity index (χ4n) is 3.29. The van der Waals surface area contributed by atoms with E-state index in [0.717, 1.165) is 38.9 Å². The number of amides is 1. The van der Waals surface area contributed by atoms with E-state index in [9.17, 15) is 4.79 Å². The molecule has 23 heavy (non-hydrogen) atoms. The predicted molar refractivity (Wildman–Crippen MR) is 98.1 cm³/mol. The van der Waals surface area contributed by atoms with Gasteiger partial charge in [0.05, 0.1) is 0 Å². The number of fused-ring (bicyclic) bond motifs is 1. The van der Waals surface area contributed by atoms with Crippen molar-refractivity contribution in [3.8, 4) is 0 Å². The molecule has 0 radical (unpaired) electrons. The molecule has 3 rings (SSSR count). The minimum atomic E-state index is 0. The van der Waals surface area contributed by atoms with Crippen molar-refractivity contribution < 1.29 is 4.79 Å². The molecule has 0 bridgehead atoms. The van der Waals surface area contributed by atoms with Crippen molar-refractivity contribution in [2.75, 3.05) is 26.7 Å². The number of halogens is 1. The molecule has 0 aromatic heterocycles. The predicted octanol–water partition coefficient (Wildman–Crippen LogP) is 3.26. The summed E-state index contributed by atoms with van der Waals surface area (Å²) in [6.45, 7) is 2.72. The molecule has 3 nitrogen and oxygen atoms in total. The van der Waals surface area contributed by atoms with Gasteiger partial charge in [0, 0.05) is 19.5 Å². The molecule has 4 heteroatoms. The van der Waals surface area contributed by atoms with Crippen LogP contribution in [0.25, 0.3) is 10.8 Å². The summed E-state index contributed by atoms with van der Waals surface area (Å²) in [5.41, 5.74) is 1.32. The van der Waals surface area contributed by atoms with Crippen LogP contribution < -0.4 is 5.32 Å². The molecule has 0 spiro atoms. The van der Waals surface area contributed by atoms with E-state index < -0.39 is 0 Å². The number of rotatable bonds is 4. The highest BCUT2D eigenvalue weighted by Gasteiger charge is 2.23. The lowest BCUT2D eigenvalue weighted by atomic mass is 9.96. The highest BCUT2D eigenvalue weighted by Crippen LogP contribution is 2.20. The summed E-state index contributed by atoms with van der Waals surface area (Å²) in [4.78, 5) is 14.4. The van der Waals surface area contributed by atoms with Crippen LogP contribution in [0, 0.1) is 5.92 Å². The summed E-state index contributed by atoms with van der Waals surface area (Å²) in [5.74, 6) is 0.514. The molecule has 2 aromatic carbocycles. The summed E-state index contributed by atoms with van der Waals surface area (Å²) in [6, 6.07) is 14.9. The number of likely N-dealkylation sites (N-methyl/N-ethyl adjacent to an activating group) is 1. The van der Waals surface area contributed by atoms with E-state index in [1.807, 2.05) is 11.9 Å². The largest absolute Gasteiger partial charge is 0.345 e. The lowest BCUT2D eigenvalue weighted by molar-refractivity contribution is -0.134. The molecule has 124 valence electrons. The monoisotopic (exact) mass is 332 g/mol. The first-order chi connectivity index (χ1) is 10.8. The summed E-state index contributed by atoms with van der Waals surface area (Å²) in [6.07, 6.45) is 2.85. The number of piperidine rings is 1. The van der Waals surface area contributed by atoms with Gasteiger partial charge in [0.1, 0.15) is 0 Å². The number of carbonyl (C=O) groups excluding carboxylic acids is 1. The molecule has 1 aliphatic rings. The fourth-order valence-corrected chi connectivity index (χ4v) is 3.29. The molecular weight excluding hydrogens is 308 g/mol. The van der Waals surface area contributed by atoms with Crippen molar-refractivity contribution in [2.45, 2.75) is 19.3 Å². The molecule has 1 fully saturated rings. The second-order valence-corrected chi connectivity index (χ2v) is 6.17. The third-order valence-electron chi connectivity index (χ3n) is 4.66. The van der Waals surface area contributed by atoms with Gasteiger partial charge in [-0.15, -0.1) is 12.4 Å². The van der Waals surface area contributed by atoms with E-state index >= 15 is 0 Å². The van der Waals surface area contributed by atoms with Gasteiger partial charge in [-0.05, 0) is 48.7 Å². The normalized spacial score (nSPS) is 15.2. The Labute approximate surface area is 144 Å². The van der Waals surface area contributed by atoms with Crippen LogP contribution in [-0.2, 0) is 11.2 Å². The van der Waals surface area contributed by atoms with Gasteiger partial charge in [-0.25, -0.2) is 0 Å². The standard InChI is InChI=1S/C19H24N2O.ClH/c1-21(19(22)17-9-12-20-13-10-17)14-11-16-7-4-6-15-5-2-3-8-18(15)16;/h2-8,17,20H,9-14H2,1H3;1H. The summed E-state index contributed by atoms with van der Waals surface area (Å²) >= 11 is 0. The third-order valence-corrected chi connectivity index (χ3v) is 4.66. The fraction of sp³-hybridized carbons (Fsp3) is 0.421. The number of hydrogen-bond donors (Lipinski definition) is 1. The van der Waals surface area contributed by atoms with Crippen molar-refractivity contribution in [1.82, 2.24) is 10.2 Å². The summed E-state index contributed by atoms with van der Waals surface area (Å²) in [7, 11) is 1.94. The van der Waals surface area contributed by atoms with Gasteiger partial charge in [0.15, 0.2) is 0 Å². The number of carbonyl (C=O) groups is 1. The van der Waals surface area contributed by atoms with Crippen LogP contribution in [0.15, 0.2) is 42.5 Å². The van der Waals surface area contributed by atoms with Crippen LogP contribution in [0.1, 0.15) is 18.4 Å². The second kappa shape index (κ2) is 8.32. The molecule has 1 aliphatic heterocycles. The van der Waals surface area contributed by atoms with Gasteiger partial charge < -0.3 is 10.2 Å². The minimum absolute atomic E-state index is 0. The van der Waals surface area contributed by atoms with E-state index in [-0.39, 0.29) is 18.3 Å². The Morgan fingerprint density at radius 3 is 2.61 bits per heavy atom. The highest BCUT2D eigenvalue weighted by atomic mass is 35.5. The maximum Gasteiger partial charge on any atom is 0.225 e. The van der Waals surface area contributed by atoms with E-state index in [2.05, 4.69) is 47.8 Å². The minimum Gasteiger partial charge on any atom is -0.345 e. The zero-order valence-electron chi connectivity index (χ0n) is 13.6. The third kappa shape index (κ3) is 4.24. The van der Waals surface area contributed by atoms with E-state index in [4.69, 9.17) is 0 Å². The Balaban J connectivity index is 0.00000192. The van der Waals surface area contributed by atoms with Crippen LogP contribution >= 0.6 is 12.4 Å². The number of benzene rings is 2. The van der Waals surface area contributed by atoms with Gasteiger partial charge in [-0.2, -0.15) is 0 Å². The first-order valence-electron chi connectivity index (χ1n) is 8.18. The van der Waals surface area contributed by atoms with Crippen LogP contribution in [0.2, 0.25) is 0 Å². The molecular formula is C19H25ClN2O. The Morgan fingerprint density at radius 2 is 1.83 bits per heavy atom. The Bertz CT molecular complexity index is 647. The van der Waals surface area contributed by atoms with Crippen LogP contribution in [0.3, 0.4) is 0 Å². The van der Waals surface area contributed by atoms with E-state index in [1.54, 1.807) is 0 Å². The van der Waals surface area contributed by atoms with E-state index in [0.29, 0.717) is 5.91 Å². The summed E-state index contributed by atoms with van der Waals surface area (Å²) in [5, 5.41) is 5.89. The van der Waals surface area contributed by atoms with Gasteiger partial charge in [0.2, 0.25) is 5.91 Å². The van der Waals surface area contributed by atoms with Crippen molar-refractivity contribution in [1.29, 1.82) is 0 Å². The van der Waals surface area contributed by atoms with Gasteiger partial charge in [-0.1, -0.05) is 42.5 Å². The second-order valence-electron chi connectivity index (χ2n) is 6.17. The number of hydrogen-bond acceptors (Lipinski definition) is 2. The van der Waals surface area contributed by atoms with Crippen LogP contribution in [0.4, 0.5) is 0 Å². The molecule has 0 unspecified atom stereocenters. The van der Waals surface area contributed by atoms with Gasteiger partial charge >= 0.3 is 0 Å². The topological polar surface area (TPSA) is 32.3 Å². The molecule has 1 amide bonds. The van der Waals surface area contributed by atoms with Gasteiger partial charge in [-0.3, -0.25) is 4.79 Å².